The Balaban J connectivity index is 1.29. The Morgan fingerprint density at radius 1 is 0.889 bits per heavy atom. The topological polar surface area (TPSA) is 157 Å². The minimum absolute atomic E-state index is 0.0538. The fraction of sp³-hybridized carbons (Fsp3) is 0.917. The van der Waals surface area contributed by atoms with Gasteiger partial charge in [0.15, 0.2) is 12.4 Å². The van der Waals surface area contributed by atoms with Crippen molar-refractivity contribution in [3.63, 3.8) is 0 Å². The molecule has 0 bridgehead atoms. The molecule has 1 aliphatic heterocycles. The van der Waals surface area contributed by atoms with Crippen LogP contribution in [0.15, 0.2) is 11.6 Å². The van der Waals surface area contributed by atoms with Crippen molar-refractivity contribution in [3.8, 4) is 0 Å². The van der Waals surface area contributed by atoms with Gasteiger partial charge in [-0.05, 0) is 103 Å². The van der Waals surface area contributed by atoms with E-state index in [4.69, 9.17) is 9.47 Å². The monoisotopic (exact) mass is 634 g/mol. The number of carboxylic acids is 1. The number of ether oxygens (including phenoxy) is 2. The van der Waals surface area contributed by atoms with Crippen molar-refractivity contribution < 1.29 is 44.9 Å². The van der Waals surface area contributed by atoms with Crippen LogP contribution in [-0.2, 0) is 14.3 Å². The van der Waals surface area contributed by atoms with Gasteiger partial charge >= 0.3 is 5.97 Å². The molecule has 9 heteroatoms. The van der Waals surface area contributed by atoms with Crippen LogP contribution in [0, 0.1) is 50.2 Å². The van der Waals surface area contributed by atoms with Crippen molar-refractivity contribution in [1.29, 1.82) is 0 Å². The number of aliphatic hydroxyl groups is 5. The highest BCUT2D eigenvalue weighted by Crippen LogP contribution is 2.75. The highest BCUT2D eigenvalue weighted by Gasteiger charge is 2.69. The number of carbonyl (C=O) groups is 1. The van der Waals surface area contributed by atoms with E-state index < -0.39 is 48.2 Å². The van der Waals surface area contributed by atoms with Crippen molar-refractivity contribution in [2.45, 2.75) is 149 Å². The van der Waals surface area contributed by atoms with Crippen LogP contribution in [0.3, 0.4) is 0 Å². The molecule has 5 aliphatic carbocycles. The lowest BCUT2D eigenvalue weighted by Gasteiger charge is -2.71. The Hall–Kier alpha value is -1.07. The number of aliphatic hydroxyl groups excluding tert-OH is 5. The molecule has 0 spiro atoms. The van der Waals surface area contributed by atoms with Gasteiger partial charge < -0.3 is 40.1 Å². The molecule has 0 radical (unpaired) electrons. The maximum absolute atomic E-state index is 11.7. The Labute approximate surface area is 268 Å². The number of carboxylic acid groups (broad SMARTS) is 1. The third kappa shape index (κ3) is 4.61. The SMILES string of the molecule is CC1(C)CC2C3=CCC4[C@@]5(C)CC[C@H](O[C@@H]6O[C@H](C(=O)O)[C@@H](O)[C@H](O)[C@H]6O)[C@](C)(CO)C5CC[C@@]4(C)[C@]3(C)CC[C@@]2(C)C[C@H]1O. The van der Waals surface area contributed by atoms with Crippen molar-refractivity contribution in [2.75, 3.05) is 6.61 Å². The number of allylic oxidation sites excluding steroid dienone is 2. The molecule has 6 rings (SSSR count). The highest BCUT2D eigenvalue weighted by molar-refractivity contribution is 5.73. The molecule has 9 nitrogen and oxygen atoms in total. The average molecular weight is 635 g/mol. The van der Waals surface area contributed by atoms with E-state index in [1.807, 2.05) is 6.92 Å². The molecule has 3 unspecified atom stereocenters. The van der Waals surface area contributed by atoms with Crippen LogP contribution in [0.5, 0.6) is 0 Å². The van der Waals surface area contributed by atoms with Gasteiger partial charge in [0, 0.05) is 5.41 Å². The molecular weight excluding hydrogens is 576 g/mol. The van der Waals surface area contributed by atoms with Gasteiger partial charge in [0.1, 0.15) is 18.3 Å². The Kier molecular flexibility index (Phi) is 8.05. The molecule has 0 amide bonds. The minimum Gasteiger partial charge on any atom is -0.479 e. The van der Waals surface area contributed by atoms with E-state index in [0.29, 0.717) is 18.3 Å². The first-order chi connectivity index (χ1) is 20.8. The maximum Gasteiger partial charge on any atom is 0.335 e. The van der Waals surface area contributed by atoms with Gasteiger partial charge in [0.05, 0.1) is 18.8 Å². The summed E-state index contributed by atoms with van der Waals surface area (Å²) in [6.45, 7) is 16.2. The predicted molar refractivity (Wildman–Crippen MR) is 167 cm³/mol. The standard InChI is InChI=1S/C36H58O9/c1-31(2)16-20-19-8-9-22-33(4)12-11-24(44-30-27(41)25(39)26(40)28(45-30)29(42)43)34(5,18-37)21(33)10-13-36(22,7)35(19,6)15-14-32(20,3)17-23(31)38/h8,20-28,30,37-41H,9-18H2,1-7H3,(H,42,43)/t20?,21?,22?,23-,24+,25+,26+,27-,28+,30-,32+,33+,34-,35-,36-/m1/s1. The Morgan fingerprint density at radius 3 is 2.22 bits per heavy atom. The van der Waals surface area contributed by atoms with E-state index in [1.54, 1.807) is 5.57 Å². The van der Waals surface area contributed by atoms with Crippen molar-refractivity contribution in [1.82, 2.24) is 0 Å². The van der Waals surface area contributed by atoms with Crippen LogP contribution in [0.1, 0.15) is 106 Å². The molecule has 0 aromatic carbocycles. The number of fused-ring (bicyclic) bond motifs is 7. The summed E-state index contributed by atoms with van der Waals surface area (Å²) < 4.78 is 11.8. The molecule has 6 N–H and O–H groups in total. The van der Waals surface area contributed by atoms with Crippen LogP contribution in [0.4, 0.5) is 0 Å². The summed E-state index contributed by atoms with van der Waals surface area (Å²) in [5.74, 6) is -0.450. The summed E-state index contributed by atoms with van der Waals surface area (Å²) >= 11 is 0. The first-order valence-corrected chi connectivity index (χ1v) is 17.4. The molecule has 256 valence electrons. The van der Waals surface area contributed by atoms with Crippen molar-refractivity contribution >= 4 is 5.97 Å². The lowest BCUT2D eigenvalue weighted by molar-refractivity contribution is -0.327. The summed E-state index contributed by atoms with van der Waals surface area (Å²) in [7, 11) is 0. The molecular formula is C36H58O9. The van der Waals surface area contributed by atoms with Crippen LogP contribution in [0.2, 0.25) is 0 Å². The zero-order valence-corrected chi connectivity index (χ0v) is 28.3. The lowest BCUT2D eigenvalue weighted by Crippen LogP contribution is -2.67. The number of aliphatic carboxylic acids is 1. The second-order valence-electron chi connectivity index (χ2n) is 18.0. The molecule has 4 saturated carbocycles. The van der Waals surface area contributed by atoms with Gasteiger partial charge in [-0.3, -0.25) is 0 Å². The fourth-order valence-electron chi connectivity index (χ4n) is 12.1. The fourth-order valence-corrected chi connectivity index (χ4v) is 12.1. The second-order valence-corrected chi connectivity index (χ2v) is 18.0. The molecule has 6 aliphatic rings. The molecule has 0 aromatic rings. The predicted octanol–water partition coefficient (Wildman–Crippen LogP) is 4.03. The summed E-state index contributed by atoms with van der Waals surface area (Å²) in [6, 6.07) is 0. The van der Waals surface area contributed by atoms with E-state index in [9.17, 15) is 35.4 Å². The minimum atomic E-state index is -1.78. The molecule has 1 heterocycles. The smallest absolute Gasteiger partial charge is 0.335 e. The zero-order chi connectivity index (χ0) is 33.1. The van der Waals surface area contributed by atoms with Crippen LogP contribution >= 0.6 is 0 Å². The average Bonchev–Trinajstić information content (AvgIpc) is 2.96. The van der Waals surface area contributed by atoms with Gasteiger partial charge in [-0.15, -0.1) is 0 Å². The summed E-state index contributed by atoms with van der Waals surface area (Å²) in [6.07, 6.45) is 1.98. The molecule has 45 heavy (non-hydrogen) atoms. The van der Waals surface area contributed by atoms with Crippen molar-refractivity contribution in [2.24, 2.45) is 50.2 Å². The van der Waals surface area contributed by atoms with Gasteiger partial charge in [-0.25, -0.2) is 4.79 Å². The number of rotatable bonds is 4. The molecule has 1 saturated heterocycles. The van der Waals surface area contributed by atoms with Gasteiger partial charge in [0.2, 0.25) is 0 Å². The van der Waals surface area contributed by atoms with E-state index in [2.05, 4.69) is 47.6 Å². The van der Waals surface area contributed by atoms with E-state index in [-0.39, 0.29) is 45.7 Å². The first kappa shape index (κ1) is 33.8. The van der Waals surface area contributed by atoms with Crippen LogP contribution < -0.4 is 0 Å². The Bertz CT molecular complexity index is 1220. The summed E-state index contributed by atoms with van der Waals surface area (Å²) in [4.78, 5) is 11.7. The number of hydrogen-bond donors (Lipinski definition) is 6. The summed E-state index contributed by atoms with van der Waals surface area (Å²) in [5, 5.41) is 62.9. The van der Waals surface area contributed by atoms with E-state index in [0.717, 1.165) is 51.4 Å². The molecule has 15 atom stereocenters. The summed E-state index contributed by atoms with van der Waals surface area (Å²) in [5.41, 5.74) is 0.991. The lowest BCUT2D eigenvalue weighted by atomic mass is 9.33. The first-order valence-electron chi connectivity index (χ1n) is 17.4. The third-order valence-corrected chi connectivity index (χ3v) is 15.4. The maximum atomic E-state index is 11.7. The van der Waals surface area contributed by atoms with Crippen LogP contribution in [0.25, 0.3) is 0 Å². The Morgan fingerprint density at radius 2 is 1.58 bits per heavy atom. The third-order valence-electron chi connectivity index (χ3n) is 15.4. The second kappa shape index (κ2) is 10.7. The van der Waals surface area contributed by atoms with Crippen LogP contribution in [-0.4, -0.2) is 86.1 Å². The number of hydrogen-bond acceptors (Lipinski definition) is 8. The van der Waals surface area contributed by atoms with E-state index in [1.165, 1.54) is 0 Å². The quantitative estimate of drug-likeness (QED) is 0.199. The van der Waals surface area contributed by atoms with E-state index >= 15 is 0 Å². The van der Waals surface area contributed by atoms with Gasteiger partial charge in [0.25, 0.3) is 0 Å². The van der Waals surface area contributed by atoms with Gasteiger partial charge in [-0.1, -0.05) is 60.1 Å². The highest BCUT2D eigenvalue weighted by atomic mass is 16.7. The molecule has 0 aromatic heterocycles. The normalized spacial score (nSPS) is 55.8. The van der Waals surface area contributed by atoms with Gasteiger partial charge in [-0.2, -0.15) is 0 Å². The molecule has 5 fully saturated rings. The largest absolute Gasteiger partial charge is 0.479 e. The zero-order valence-electron chi connectivity index (χ0n) is 28.3. The van der Waals surface area contributed by atoms with Crippen molar-refractivity contribution in [3.05, 3.63) is 11.6 Å².